The average molecular weight is 438 g/mol. The zero-order valence-corrected chi connectivity index (χ0v) is 17.9. The first-order chi connectivity index (χ1) is 14.7. The predicted octanol–water partition coefficient (Wildman–Crippen LogP) is 5.11. The normalized spacial score (nSPS) is 13.5. The smallest absolute Gasteiger partial charge is 0.221 e. The van der Waals surface area contributed by atoms with Crippen LogP contribution in [-0.2, 0) is 10.5 Å². The first kappa shape index (κ1) is 19.1. The molecule has 1 aliphatic rings. The molecule has 1 fully saturated rings. The van der Waals surface area contributed by atoms with Gasteiger partial charge in [0.2, 0.25) is 5.91 Å². The quantitative estimate of drug-likeness (QED) is 0.404. The van der Waals surface area contributed by atoms with Gasteiger partial charge in [0.25, 0.3) is 0 Å². The van der Waals surface area contributed by atoms with E-state index < -0.39 is 0 Å². The lowest BCUT2D eigenvalue weighted by atomic mass is 10.2. The summed E-state index contributed by atoms with van der Waals surface area (Å²) >= 11 is 3.18. The van der Waals surface area contributed by atoms with Gasteiger partial charge in [-0.3, -0.25) is 9.36 Å². The summed E-state index contributed by atoms with van der Waals surface area (Å²) in [4.78, 5) is 16.1. The molecule has 0 atom stereocenters. The molecule has 3 heterocycles. The summed E-state index contributed by atoms with van der Waals surface area (Å²) in [5.74, 6) is 2.80. The molecule has 0 unspecified atom stereocenters. The molecule has 1 aromatic carbocycles. The van der Waals surface area contributed by atoms with Crippen LogP contribution in [0.1, 0.15) is 37.2 Å². The molecule has 0 spiro atoms. The van der Waals surface area contributed by atoms with Gasteiger partial charge >= 0.3 is 0 Å². The molecule has 4 aromatic rings. The Morgan fingerprint density at radius 3 is 2.97 bits per heavy atom. The van der Waals surface area contributed by atoms with Crippen molar-refractivity contribution in [3.8, 4) is 16.5 Å². The van der Waals surface area contributed by atoms with Gasteiger partial charge in [-0.25, -0.2) is 4.98 Å². The molecule has 152 valence electrons. The van der Waals surface area contributed by atoms with E-state index in [0.29, 0.717) is 11.7 Å². The van der Waals surface area contributed by atoms with Crippen LogP contribution in [0.25, 0.3) is 16.5 Å². The molecule has 1 aliphatic carbocycles. The molecule has 0 aliphatic heterocycles. The Morgan fingerprint density at radius 2 is 2.20 bits per heavy atom. The number of nitrogens with zero attached hydrogens (tertiary/aromatic N) is 4. The first-order valence-corrected chi connectivity index (χ1v) is 11.5. The lowest BCUT2D eigenvalue weighted by molar-refractivity contribution is -0.114. The molecule has 1 saturated carbocycles. The maximum atomic E-state index is 11.5. The molecule has 5 rings (SSSR count). The van der Waals surface area contributed by atoms with Crippen LogP contribution in [0.3, 0.4) is 0 Å². The van der Waals surface area contributed by atoms with Gasteiger partial charge in [-0.15, -0.1) is 21.5 Å². The average Bonchev–Trinajstić information content (AvgIpc) is 3.14. The lowest BCUT2D eigenvalue weighted by Gasteiger charge is -2.11. The summed E-state index contributed by atoms with van der Waals surface area (Å²) in [7, 11) is 0. The summed E-state index contributed by atoms with van der Waals surface area (Å²) in [5.41, 5.74) is 2.69. The van der Waals surface area contributed by atoms with E-state index in [2.05, 4.69) is 25.1 Å². The highest BCUT2D eigenvalue weighted by Gasteiger charge is 2.31. The number of carbonyl (C=O) groups is 1. The third-order valence-electron chi connectivity index (χ3n) is 4.66. The minimum Gasteiger partial charge on any atom is -0.462 e. The maximum Gasteiger partial charge on any atom is 0.221 e. The molecule has 0 saturated heterocycles. The van der Waals surface area contributed by atoms with Crippen LogP contribution in [-0.4, -0.2) is 25.7 Å². The van der Waals surface area contributed by atoms with Gasteiger partial charge in [0, 0.05) is 29.7 Å². The Morgan fingerprint density at radius 1 is 1.30 bits per heavy atom. The molecular weight excluding hydrogens is 418 g/mol. The number of anilines is 1. The van der Waals surface area contributed by atoms with E-state index in [1.807, 2.05) is 41.8 Å². The minimum atomic E-state index is -0.0937. The Balaban J connectivity index is 1.40. The van der Waals surface area contributed by atoms with Crippen molar-refractivity contribution in [2.24, 2.45) is 0 Å². The largest absolute Gasteiger partial charge is 0.462 e. The summed E-state index contributed by atoms with van der Waals surface area (Å²) < 4.78 is 7.54. The van der Waals surface area contributed by atoms with Crippen LogP contribution in [0.5, 0.6) is 0 Å². The topological polar surface area (TPSA) is 85.8 Å². The van der Waals surface area contributed by atoms with E-state index in [1.165, 1.54) is 6.92 Å². The van der Waals surface area contributed by atoms with Gasteiger partial charge in [0.05, 0.1) is 17.6 Å². The third kappa shape index (κ3) is 4.03. The van der Waals surface area contributed by atoms with Gasteiger partial charge in [-0.05, 0) is 43.2 Å². The van der Waals surface area contributed by atoms with Crippen LogP contribution >= 0.6 is 23.1 Å². The number of thiazole rings is 1. The highest BCUT2D eigenvalue weighted by atomic mass is 32.2. The number of hydrogen-bond acceptors (Lipinski definition) is 7. The molecule has 7 nitrogen and oxygen atoms in total. The number of furan rings is 1. The van der Waals surface area contributed by atoms with E-state index >= 15 is 0 Å². The molecule has 30 heavy (non-hydrogen) atoms. The van der Waals surface area contributed by atoms with Gasteiger partial charge in [0.1, 0.15) is 5.82 Å². The Labute approximate surface area is 181 Å². The van der Waals surface area contributed by atoms with E-state index in [0.717, 1.165) is 51.7 Å². The lowest BCUT2D eigenvalue weighted by Crippen LogP contribution is -2.07. The standard InChI is InChI=1S/C21H19N5O2S2/c1-13(27)22-15-4-2-5-17(10-15)26-19(14-7-8-14)24-25-21(26)30-12-16-11-29-20(23-16)18-6-3-9-28-18/h2-6,9-11,14H,7-8,12H2,1H3,(H,22,27). The number of aromatic nitrogens is 4. The molecule has 3 aromatic heterocycles. The van der Waals surface area contributed by atoms with E-state index in [4.69, 9.17) is 4.42 Å². The number of carbonyl (C=O) groups excluding carboxylic acids is 1. The SMILES string of the molecule is CC(=O)Nc1cccc(-n2c(SCc3csc(-c4ccco4)n3)nnc2C2CC2)c1. The van der Waals surface area contributed by atoms with Crippen LogP contribution in [0.2, 0.25) is 0 Å². The van der Waals surface area contributed by atoms with E-state index in [-0.39, 0.29) is 5.91 Å². The Bertz CT molecular complexity index is 1180. The van der Waals surface area contributed by atoms with E-state index in [9.17, 15) is 4.79 Å². The summed E-state index contributed by atoms with van der Waals surface area (Å²) in [6.45, 7) is 1.51. The predicted molar refractivity (Wildman–Crippen MR) is 117 cm³/mol. The minimum absolute atomic E-state index is 0.0937. The van der Waals surface area contributed by atoms with Crippen LogP contribution < -0.4 is 5.32 Å². The van der Waals surface area contributed by atoms with Crippen molar-refractivity contribution in [1.82, 2.24) is 19.7 Å². The monoisotopic (exact) mass is 437 g/mol. The van der Waals surface area contributed by atoms with Crippen molar-refractivity contribution in [3.63, 3.8) is 0 Å². The van der Waals surface area contributed by atoms with Crippen molar-refractivity contribution >= 4 is 34.7 Å². The second-order valence-electron chi connectivity index (χ2n) is 7.09. The van der Waals surface area contributed by atoms with Crippen molar-refractivity contribution < 1.29 is 9.21 Å². The number of rotatable bonds is 7. The van der Waals surface area contributed by atoms with Gasteiger partial charge in [0.15, 0.2) is 15.9 Å². The van der Waals surface area contributed by atoms with Crippen LogP contribution in [0, 0.1) is 0 Å². The van der Waals surface area contributed by atoms with Crippen LogP contribution in [0.4, 0.5) is 5.69 Å². The number of nitrogens with one attached hydrogen (secondary N) is 1. The fourth-order valence-electron chi connectivity index (χ4n) is 3.17. The Kier molecular flexibility index (Phi) is 5.14. The van der Waals surface area contributed by atoms with Gasteiger partial charge < -0.3 is 9.73 Å². The summed E-state index contributed by atoms with van der Waals surface area (Å²) in [6, 6.07) is 11.6. The summed E-state index contributed by atoms with van der Waals surface area (Å²) in [6.07, 6.45) is 3.92. The third-order valence-corrected chi connectivity index (χ3v) is 6.53. The van der Waals surface area contributed by atoms with Gasteiger partial charge in [-0.2, -0.15) is 0 Å². The van der Waals surface area contributed by atoms with Crippen molar-refractivity contribution in [1.29, 1.82) is 0 Å². The second-order valence-corrected chi connectivity index (χ2v) is 8.89. The molecular formula is C21H19N5O2S2. The summed E-state index contributed by atoms with van der Waals surface area (Å²) in [5, 5.41) is 15.5. The molecule has 1 N–H and O–H groups in total. The molecule has 1 amide bonds. The second kappa shape index (κ2) is 8.08. The zero-order valence-electron chi connectivity index (χ0n) is 16.2. The maximum absolute atomic E-state index is 11.5. The molecule has 0 radical (unpaired) electrons. The highest BCUT2D eigenvalue weighted by Crippen LogP contribution is 2.41. The molecule has 9 heteroatoms. The number of amides is 1. The number of thioether (sulfide) groups is 1. The van der Waals surface area contributed by atoms with E-state index in [1.54, 1.807) is 29.4 Å². The molecule has 0 bridgehead atoms. The van der Waals surface area contributed by atoms with Crippen molar-refractivity contribution in [3.05, 3.63) is 59.6 Å². The highest BCUT2D eigenvalue weighted by molar-refractivity contribution is 7.98. The number of hydrogen-bond donors (Lipinski definition) is 1. The van der Waals surface area contributed by atoms with Crippen molar-refractivity contribution in [2.75, 3.05) is 5.32 Å². The fourth-order valence-corrected chi connectivity index (χ4v) is 4.92. The van der Waals surface area contributed by atoms with Gasteiger partial charge in [-0.1, -0.05) is 17.8 Å². The number of benzene rings is 1. The van der Waals surface area contributed by atoms with Crippen LogP contribution in [0.15, 0.2) is 57.6 Å². The fraction of sp³-hybridized carbons (Fsp3) is 0.238. The first-order valence-electron chi connectivity index (χ1n) is 9.62. The Hall–Kier alpha value is -2.91. The van der Waals surface area contributed by atoms with Crippen molar-refractivity contribution in [2.45, 2.75) is 36.6 Å². The zero-order chi connectivity index (χ0) is 20.5.